The first-order chi connectivity index (χ1) is 10.2. The highest BCUT2D eigenvalue weighted by Gasteiger charge is 2.31. The van der Waals surface area contributed by atoms with Gasteiger partial charge in [-0.25, -0.2) is 0 Å². The number of benzene rings is 1. The Morgan fingerprint density at radius 3 is 2.43 bits per heavy atom. The highest BCUT2D eigenvalue weighted by molar-refractivity contribution is 5.70. The summed E-state index contributed by atoms with van der Waals surface area (Å²) in [6.07, 6.45) is 3.20. The first-order valence-corrected chi connectivity index (χ1v) is 7.40. The minimum absolute atomic E-state index is 0.201. The van der Waals surface area contributed by atoms with E-state index in [1.54, 1.807) is 7.11 Å². The van der Waals surface area contributed by atoms with Crippen LogP contribution in [-0.4, -0.2) is 31.4 Å². The van der Waals surface area contributed by atoms with Crippen molar-refractivity contribution >= 4 is 5.97 Å². The normalized spacial score (nSPS) is 24.4. The summed E-state index contributed by atoms with van der Waals surface area (Å²) in [4.78, 5) is 11.1. The molecule has 0 atom stereocenters. The molecule has 1 aliphatic heterocycles. The zero-order valence-corrected chi connectivity index (χ0v) is 12.1. The highest BCUT2D eigenvalue weighted by atomic mass is 16.6. The van der Waals surface area contributed by atoms with Crippen LogP contribution in [-0.2, 0) is 4.79 Å². The van der Waals surface area contributed by atoms with E-state index in [1.807, 2.05) is 12.1 Å². The number of carboxylic acid groups (broad SMARTS) is 1. The SMILES string of the molecule is COc1ccc(C2CCC(C(=O)O)CC2)c2c1OCCO2. The van der Waals surface area contributed by atoms with Crippen LogP contribution in [0.3, 0.4) is 0 Å². The molecule has 1 aliphatic carbocycles. The zero-order valence-electron chi connectivity index (χ0n) is 12.1. The molecule has 1 fully saturated rings. The Morgan fingerprint density at radius 1 is 1.14 bits per heavy atom. The van der Waals surface area contributed by atoms with Crippen LogP contribution in [0.4, 0.5) is 0 Å². The summed E-state index contributed by atoms with van der Waals surface area (Å²) in [5, 5.41) is 9.09. The van der Waals surface area contributed by atoms with Gasteiger partial charge in [0.25, 0.3) is 0 Å². The third kappa shape index (κ3) is 2.64. The monoisotopic (exact) mass is 292 g/mol. The number of methoxy groups -OCH3 is 1. The summed E-state index contributed by atoms with van der Waals surface area (Å²) in [6, 6.07) is 3.93. The van der Waals surface area contributed by atoms with E-state index in [-0.39, 0.29) is 5.92 Å². The van der Waals surface area contributed by atoms with Crippen molar-refractivity contribution in [1.29, 1.82) is 0 Å². The molecule has 0 radical (unpaired) electrons. The van der Waals surface area contributed by atoms with E-state index in [9.17, 15) is 4.79 Å². The molecular weight excluding hydrogens is 272 g/mol. The molecule has 3 rings (SSSR count). The van der Waals surface area contributed by atoms with Gasteiger partial charge in [-0.1, -0.05) is 6.07 Å². The Hall–Kier alpha value is -1.91. The van der Waals surface area contributed by atoms with E-state index in [1.165, 1.54) is 0 Å². The van der Waals surface area contributed by atoms with Crippen LogP contribution in [0.15, 0.2) is 12.1 Å². The van der Waals surface area contributed by atoms with Crippen LogP contribution in [0.5, 0.6) is 17.2 Å². The Kier molecular flexibility index (Phi) is 3.90. The summed E-state index contributed by atoms with van der Waals surface area (Å²) in [7, 11) is 1.62. The number of carboxylic acids is 1. The predicted octanol–water partition coefficient (Wildman–Crippen LogP) is 2.82. The van der Waals surface area contributed by atoms with Crippen LogP contribution in [0.25, 0.3) is 0 Å². The number of fused-ring (bicyclic) bond motifs is 1. The molecule has 0 bridgehead atoms. The average Bonchev–Trinajstić information content (AvgIpc) is 2.54. The standard InChI is InChI=1S/C16H20O5/c1-19-13-7-6-12(14-15(13)21-9-8-20-14)10-2-4-11(5-3-10)16(17)18/h6-7,10-11H,2-5,8-9H2,1H3,(H,17,18). The Balaban J connectivity index is 1.85. The van der Waals surface area contributed by atoms with Crippen LogP contribution in [0.2, 0.25) is 0 Å². The van der Waals surface area contributed by atoms with Gasteiger partial charge >= 0.3 is 5.97 Å². The summed E-state index contributed by atoms with van der Waals surface area (Å²) < 4.78 is 16.8. The zero-order chi connectivity index (χ0) is 14.8. The van der Waals surface area contributed by atoms with Crippen LogP contribution < -0.4 is 14.2 Å². The minimum atomic E-state index is -0.676. The fraction of sp³-hybridized carbons (Fsp3) is 0.562. The van der Waals surface area contributed by atoms with Crippen LogP contribution in [0.1, 0.15) is 37.2 Å². The number of carbonyl (C=O) groups is 1. The first-order valence-electron chi connectivity index (χ1n) is 7.40. The van der Waals surface area contributed by atoms with Crippen LogP contribution in [0, 0.1) is 5.92 Å². The Bertz CT molecular complexity index is 532. The maximum Gasteiger partial charge on any atom is 0.306 e. The fourth-order valence-electron chi connectivity index (χ4n) is 3.27. The van der Waals surface area contributed by atoms with Crippen LogP contribution >= 0.6 is 0 Å². The molecule has 5 heteroatoms. The third-order valence-electron chi connectivity index (χ3n) is 4.42. The lowest BCUT2D eigenvalue weighted by Gasteiger charge is -2.30. The third-order valence-corrected chi connectivity index (χ3v) is 4.42. The average molecular weight is 292 g/mol. The second-order valence-corrected chi connectivity index (χ2v) is 5.60. The molecule has 114 valence electrons. The van der Waals surface area contributed by atoms with Gasteiger partial charge in [-0.05, 0) is 37.7 Å². The van der Waals surface area contributed by atoms with Gasteiger partial charge in [0.1, 0.15) is 13.2 Å². The van der Waals surface area contributed by atoms with Gasteiger partial charge in [0.05, 0.1) is 13.0 Å². The number of aliphatic carboxylic acids is 1. The maximum absolute atomic E-state index is 11.1. The van der Waals surface area contributed by atoms with Gasteiger partial charge in [-0.15, -0.1) is 0 Å². The molecule has 0 unspecified atom stereocenters. The molecule has 21 heavy (non-hydrogen) atoms. The Labute approximate surface area is 123 Å². The fourth-order valence-corrected chi connectivity index (χ4v) is 3.27. The topological polar surface area (TPSA) is 65.0 Å². The molecule has 1 aromatic carbocycles. The summed E-state index contributed by atoms with van der Waals surface area (Å²) in [5.74, 6) is 1.60. The number of hydrogen-bond donors (Lipinski definition) is 1. The van der Waals surface area contributed by atoms with Crippen molar-refractivity contribution in [3.8, 4) is 17.2 Å². The number of hydrogen-bond acceptors (Lipinski definition) is 4. The van der Waals surface area contributed by atoms with Crippen molar-refractivity contribution in [3.63, 3.8) is 0 Å². The van der Waals surface area contributed by atoms with E-state index in [2.05, 4.69) is 0 Å². The lowest BCUT2D eigenvalue weighted by molar-refractivity contribution is -0.142. The van der Waals surface area contributed by atoms with Gasteiger partial charge in [0.15, 0.2) is 11.5 Å². The lowest BCUT2D eigenvalue weighted by Crippen LogP contribution is -2.22. The van der Waals surface area contributed by atoms with Crippen molar-refractivity contribution in [2.45, 2.75) is 31.6 Å². The van der Waals surface area contributed by atoms with E-state index in [0.29, 0.717) is 30.6 Å². The Morgan fingerprint density at radius 2 is 1.81 bits per heavy atom. The predicted molar refractivity (Wildman–Crippen MR) is 76.3 cm³/mol. The lowest BCUT2D eigenvalue weighted by atomic mass is 9.78. The first kappa shape index (κ1) is 14.0. The smallest absolute Gasteiger partial charge is 0.306 e. The molecule has 5 nitrogen and oxygen atoms in total. The molecule has 0 saturated heterocycles. The van der Waals surface area contributed by atoms with E-state index in [4.69, 9.17) is 19.3 Å². The van der Waals surface area contributed by atoms with E-state index < -0.39 is 5.97 Å². The molecule has 0 amide bonds. The van der Waals surface area contributed by atoms with Crippen molar-refractivity contribution in [3.05, 3.63) is 17.7 Å². The van der Waals surface area contributed by atoms with Gasteiger partial charge in [0, 0.05) is 5.56 Å². The van der Waals surface area contributed by atoms with Crippen molar-refractivity contribution in [2.24, 2.45) is 5.92 Å². The van der Waals surface area contributed by atoms with Crippen molar-refractivity contribution < 1.29 is 24.1 Å². The van der Waals surface area contributed by atoms with E-state index in [0.717, 1.165) is 37.0 Å². The van der Waals surface area contributed by atoms with Gasteiger partial charge in [0.2, 0.25) is 5.75 Å². The summed E-state index contributed by atoms with van der Waals surface area (Å²) >= 11 is 0. The minimum Gasteiger partial charge on any atom is -0.493 e. The second-order valence-electron chi connectivity index (χ2n) is 5.60. The van der Waals surface area contributed by atoms with Gasteiger partial charge in [-0.2, -0.15) is 0 Å². The summed E-state index contributed by atoms with van der Waals surface area (Å²) in [5.41, 5.74) is 1.12. The molecular formula is C16H20O5. The van der Waals surface area contributed by atoms with Gasteiger partial charge < -0.3 is 19.3 Å². The molecule has 1 aromatic rings. The van der Waals surface area contributed by atoms with Gasteiger partial charge in [-0.3, -0.25) is 4.79 Å². The molecule has 2 aliphatic rings. The maximum atomic E-state index is 11.1. The van der Waals surface area contributed by atoms with Crippen molar-refractivity contribution in [2.75, 3.05) is 20.3 Å². The summed E-state index contributed by atoms with van der Waals surface area (Å²) in [6.45, 7) is 1.07. The number of rotatable bonds is 3. The highest BCUT2D eigenvalue weighted by Crippen LogP contribution is 2.48. The molecule has 1 N–H and O–H groups in total. The van der Waals surface area contributed by atoms with Crippen molar-refractivity contribution in [1.82, 2.24) is 0 Å². The quantitative estimate of drug-likeness (QED) is 0.928. The van der Waals surface area contributed by atoms with E-state index >= 15 is 0 Å². The molecule has 0 aromatic heterocycles. The second kappa shape index (κ2) is 5.84. The molecule has 1 saturated carbocycles. The largest absolute Gasteiger partial charge is 0.493 e. The number of ether oxygens (including phenoxy) is 3. The molecule has 1 heterocycles. The molecule has 0 spiro atoms.